The van der Waals surface area contributed by atoms with Gasteiger partial charge in [0.25, 0.3) is 5.91 Å². The molecule has 0 radical (unpaired) electrons. The van der Waals surface area contributed by atoms with Crippen LogP contribution in [0.3, 0.4) is 0 Å². The molecule has 1 aromatic carbocycles. The summed E-state index contributed by atoms with van der Waals surface area (Å²) in [5.41, 5.74) is 1.36. The summed E-state index contributed by atoms with van der Waals surface area (Å²) in [5, 5.41) is 74.0. The van der Waals surface area contributed by atoms with Gasteiger partial charge in [-0.3, -0.25) is 19.3 Å². The molecule has 0 bridgehead atoms. The fraction of sp³-hybridized carbons (Fsp3) is 0.429. The lowest BCUT2D eigenvalue weighted by Gasteiger charge is -2.53. The van der Waals surface area contributed by atoms with Gasteiger partial charge in [0.05, 0.1) is 30.2 Å². The number of rotatable bonds is 5. The first-order valence-corrected chi connectivity index (χ1v) is 13.5. The number of ketones is 2. The van der Waals surface area contributed by atoms with Crippen LogP contribution in [0.4, 0.5) is 5.82 Å². The van der Waals surface area contributed by atoms with Gasteiger partial charge in [-0.05, 0) is 36.6 Å². The van der Waals surface area contributed by atoms with Crippen molar-refractivity contribution in [2.24, 2.45) is 17.6 Å². The van der Waals surface area contributed by atoms with E-state index in [9.17, 15) is 50.0 Å². The first-order chi connectivity index (χ1) is 20.5. The summed E-state index contributed by atoms with van der Waals surface area (Å²) in [5.74, 6) is -8.40. The third-order valence-corrected chi connectivity index (χ3v) is 8.54. The number of aromatic nitrogens is 2. The second-order valence-electron chi connectivity index (χ2n) is 11.1. The molecule has 0 aliphatic heterocycles. The lowest BCUT2D eigenvalue weighted by Crippen LogP contribution is -2.68. The van der Waals surface area contributed by atoms with E-state index >= 15 is 0 Å². The molecule has 3 aliphatic rings. The summed E-state index contributed by atoms with van der Waals surface area (Å²) < 4.78 is 1.36. The van der Waals surface area contributed by atoms with Crippen molar-refractivity contribution in [3.63, 3.8) is 0 Å². The van der Waals surface area contributed by atoms with Crippen LogP contribution in [0.5, 0.6) is 5.75 Å². The largest absolute Gasteiger partial charge is 0.510 e. The number of fused-ring (bicyclic) bond motifs is 3. The fourth-order valence-corrected chi connectivity index (χ4v) is 6.56. The number of aliphatic hydroxyl groups is 5. The number of nitrogens with two attached hydrogens (primary N) is 1. The molecule has 17 heteroatoms. The average Bonchev–Trinajstić information content (AvgIpc) is 3.31. The number of primary amides is 1. The Morgan fingerprint density at radius 1 is 1.22 bits per heavy atom. The second-order valence-corrected chi connectivity index (χ2v) is 11.1. The van der Waals surface area contributed by atoms with E-state index < -0.39 is 80.6 Å². The predicted molar refractivity (Wildman–Crippen MR) is 154 cm³/mol. The van der Waals surface area contributed by atoms with E-state index in [0.717, 1.165) is 0 Å². The van der Waals surface area contributed by atoms with Crippen LogP contribution >= 0.6 is 0 Å². The number of hydrogen-bond acceptors (Lipinski definition) is 13. The van der Waals surface area contributed by atoms with E-state index in [-0.39, 0.29) is 35.8 Å². The minimum Gasteiger partial charge on any atom is -0.510 e. The van der Waals surface area contributed by atoms with Crippen molar-refractivity contribution in [1.29, 1.82) is 0 Å². The lowest BCUT2D eigenvalue weighted by molar-refractivity contribution is -0.392. The molecule has 0 saturated carbocycles. The number of carbonyl (C=O) groups is 3. The molecule has 45 heavy (non-hydrogen) atoms. The number of phenols is 1. The van der Waals surface area contributed by atoms with Crippen LogP contribution < -0.4 is 5.73 Å². The van der Waals surface area contributed by atoms with Crippen LogP contribution in [0.25, 0.3) is 0 Å². The van der Waals surface area contributed by atoms with Crippen molar-refractivity contribution in [3.05, 3.63) is 74.1 Å². The van der Waals surface area contributed by atoms with E-state index in [4.69, 9.17) is 10.8 Å². The highest BCUT2D eigenvalue weighted by Crippen LogP contribution is 2.55. The Bertz CT molecular complexity index is 1630. The Labute approximate surface area is 255 Å². The average molecular weight is 634 g/mol. The number of imidazole rings is 1. The van der Waals surface area contributed by atoms with Crippen molar-refractivity contribution < 1.29 is 55.4 Å². The highest BCUT2D eigenvalue weighted by atomic mass is 16.6. The van der Waals surface area contributed by atoms with Gasteiger partial charge in [0.2, 0.25) is 5.78 Å². The molecule has 0 saturated heterocycles. The normalized spacial score (nSPS) is 27.2. The van der Waals surface area contributed by atoms with Crippen molar-refractivity contribution >= 4 is 23.3 Å². The number of carbonyl (C=O) groups excluding carboxylic acids is 3. The van der Waals surface area contributed by atoms with Gasteiger partial charge in [0.1, 0.15) is 35.6 Å². The molecule has 10 N–H and O–H groups in total. The van der Waals surface area contributed by atoms with Gasteiger partial charge in [-0.25, -0.2) is 9.55 Å². The number of nitrogens with zero attached hydrogens (tertiary/aromatic N) is 4. The Kier molecular flexibility index (Phi) is 9.57. The minimum atomic E-state index is -2.89. The van der Waals surface area contributed by atoms with Gasteiger partial charge in [0.15, 0.2) is 17.2 Å². The quantitative estimate of drug-likeness (QED) is 0.117. The highest BCUT2D eigenvalue weighted by Gasteiger charge is 2.67. The second kappa shape index (κ2) is 12.4. The minimum absolute atomic E-state index is 0. The zero-order chi connectivity index (χ0) is 33.0. The smallest absolute Gasteiger partial charge is 0.342 e. The molecule has 244 valence electrons. The van der Waals surface area contributed by atoms with Gasteiger partial charge in [-0.2, -0.15) is 0 Å². The van der Waals surface area contributed by atoms with Crippen LogP contribution in [0.2, 0.25) is 0 Å². The maximum atomic E-state index is 13.3. The van der Waals surface area contributed by atoms with Crippen molar-refractivity contribution in [2.75, 3.05) is 20.7 Å². The fourth-order valence-electron chi connectivity index (χ4n) is 6.56. The van der Waals surface area contributed by atoms with Gasteiger partial charge in [-0.1, -0.05) is 19.1 Å². The molecule has 0 spiro atoms. The van der Waals surface area contributed by atoms with Gasteiger partial charge in [0, 0.05) is 18.4 Å². The van der Waals surface area contributed by atoms with Crippen LogP contribution in [0.1, 0.15) is 34.6 Å². The topological polar surface area (TPSA) is 294 Å². The molecule has 0 fully saturated rings. The Morgan fingerprint density at radius 3 is 2.38 bits per heavy atom. The van der Waals surface area contributed by atoms with E-state index in [1.54, 1.807) is 26.0 Å². The number of nitro groups is 1. The first-order valence-electron chi connectivity index (χ1n) is 13.5. The number of Topliss-reactive ketones (excluding diaryl/α,β-unsaturated/α-hetero) is 2. The van der Waals surface area contributed by atoms with E-state index in [1.807, 2.05) is 0 Å². The van der Waals surface area contributed by atoms with Gasteiger partial charge < -0.3 is 52.0 Å². The molecule has 6 atom stereocenters. The third-order valence-electron chi connectivity index (χ3n) is 8.54. The third kappa shape index (κ3) is 5.13. The molecule has 17 nitrogen and oxygen atoms in total. The van der Waals surface area contributed by atoms with Gasteiger partial charge in [-0.15, -0.1) is 0 Å². The van der Waals surface area contributed by atoms with Gasteiger partial charge >= 0.3 is 5.82 Å². The SMILES string of the molecule is C[C@H]1c2cccc(O)c2C(=O)C2=C(O)[C@]3(O)C(=O)C(C(N)=O)=C(O)[C@@H](N(C)C)[C@@H]3[C@@H](O)[C@@H]21.Cc1ncc([N+](=O)[O-])n1CCO.O. The molecule has 1 heterocycles. The standard InChI is InChI=1S/C22H24N2O8.C6H9N3O3.H2O/c1-7-8-5-4-6-9(25)11(8)16(26)12-10(7)17(27)14-15(24(2)3)18(28)13(21(23)31)20(30)22(14,32)19(12)29;1-5-7-4-6(9(11)12)8(5)2-3-10;/h4-7,10,14-15,17,25,27-29,32H,1-3H3,(H2,23,31);4,10H,2-3H2,1H3;1H2/t7-,10+,14+,15-,17-,22-;;/m0../s1. The molecule has 1 aromatic heterocycles. The molecule has 2 aromatic rings. The predicted octanol–water partition coefficient (Wildman–Crippen LogP) is -1.08. The Hall–Kier alpha value is -4.68. The number of aryl methyl sites for hydroxylation is 1. The zero-order valence-electron chi connectivity index (χ0n) is 24.7. The number of phenolic OH excluding ortho intramolecular Hbond substituents is 1. The molecule has 3 aliphatic carbocycles. The zero-order valence-corrected chi connectivity index (χ0v) is 24.7. The molecule has 1 amide bonds. The lowest BCUT2D eigenvalue weighted by atomic mass is 9.55. The Balaban J connectivity index is 0.000000359. The number of aromatic hydroxyl groups is 1. The number of benzene rings is 1. The van der Waals surface area contributed by atoms with E-state index in [2.05, 4.69) is 4.98 Å². The van der Waals surface area contributed by atoms with E-state index in [1.165, 1.54) is 35.8 Å². The van der Waals surface area contributed by atoms with Crippen molar-refractivity contribution in [3.8, 4) is 5.75 Å². The van der Waals surface area contributed by atoms with Crippen molar-refractivity contribution in [2.45, 2.75) is 44.1 Å². The van der Waals surface area contributed by atoms with Crippen LogP contribution in [-0.4, -0.2) is 111 Å². The summed E-state index contributed by atoms with van der Waals surface area (Å²) in [6.07, 6.45) is -0.404. The monoisotopic (exact) mass is 633 g/mol. The highest BCUT2D eigenvalue weighted by molar-refractivity contribution is 6.25. The summed E-state index contributed by atoms with van der Waals surface area (Å²) >= 11 is 0. The van der Waals surface area contributed by atoms with Crippen LogP contribution in [0, 0.1) is 28.9 Å². The summed E-state index contributed by atoms with van der Waals surface area (Å²) in [4.78, 5) is 53.4. The summed E-state index contributed by atoms with van der Waals surface area (Å²) in [6.45, 7) is 3.42. The van der Waals surface area contributed by atoms with Crippen molar-refractivity contribution in [1.82, 2.24) is 14.5 Å². The Morgan fingerprint density at radius 2 is 1.84 bits per heavy atom. The molecule has 5 rings (SSSR count). The van der Waals surface area contributed by atoms with Crippen LogP contribution in [-0.2, 0) is 16.1 Å². The van der Waals surface area contributed by atoms with Crippen LogP contribution in [0.15, 0.2) is 47.1 Å². The number of hydrogen-bond donors (Lipinski definition) is 7. The maximum Gasteiger partial charge on any atom is 0.342 e. The summed E-state index contributed by atoms with van der Waals surface area (Å²) in [7, 11) is 2.98. The number of aliphatic hydroxyl groups excluding tert-OH is 4. The summed E-state index contributed by atoms with van der Waals surface area (Å²) in [6, 6.07) is 3.17. The molecular weight excluding hydrogens is 598 g/mol. The molecular formula is C28H35N5O12. The maximum absolute atomic E-state index is 13.3. The number of likely N-dealkylation sites (N-methyl/N-ethyl adjacent to an activating group) is 1. The van der Waals surface area contributed by atoms with E-state index in [0.29, 0.717) is 11.4 Å². The molecule has 0 unspecified atom stereocenters. The first kappa shape index (κ1) is 34.8. The number of amides is 1.